The molecule has 1 aromatic rings. The van der Waals surface area contributed by atoms with Gasteiger partial charge in [-0.25, -0.2) is 4.79 Å². The van der Waals surface area contributed by atoms with Crippen molar-refractivity contribution in [1.29, 1.82) is 5.26 Å². The van der Waals surface area contributed by atoms with E-state index in [1.807, 2.05) is 0 Å². The average molecular weight is 260 g/mol. The van der Waals surface area contributed by atoms with Gasteiger partial charge in [-0.05, 0) is 13.0 Å². The second-order valence-corrected chi connectivity index (χ2v) is 3.96. The summed E-state index contributed by atoms with van der Waals surface area (Å²) in [5.74, 6) is -0.607. The third-order valence-corrected chi connectivity index (χ3v) is 2.91. The van der Waals surface area contributed by atoms with Gasteiger partial charge in [-0.15, -0.1) is 0 Å². The van der Waals surface area contributed by atoms with Gasteiger partial charge in [-0.1, -0.05) is 18.2 Å². The molecule has 0 spiro atoms. The Morgan fingerprint density at radius 1 is 1.47 bits per heavy atom. The molecule has 6 heteroatoms. The molecule has 1 aliphatic heterocycles. The number of ether oxygens (including phenoxy) is 2. The summed E-state index contributed by atoms with van der Waals surface area (Å²) in [4.78, 5) is 25.0. The van der Waals surface area contributed by atoms with Crippen LogP contribution in [0.15, 0.2) is 24.3 Å². The minimum Gasteiger partial charge on any atom is -0.435 e. The third kappa shape index (κ3) is 1.80. The number of amides is 1. The van der Waals surface area contributed by atoms with Crippen LogP contribution in [0.3, 0.4) is 0 Å². The van der Waals surface area contributed by atoms with Crippen molar-refractivity contribution in [2.45, 2.75) is 12.5 Å². The molecule has 0 aliphatic carbocycles. The van der Waals surface area contributed by atoms with Crippen LogP contribution in [0.1, 0.15) is 12.5 Å². The smallest absolute Gasteiger partial charge is 0.435 e. The molecular formula is C13H12N2O4. The summed E-state index contributed by atoms with van der Waals surface area (Å²) in [5.41, 5.74) is -1.08. The van der Waals surface area contributed by atoms with Crippen LogP contribution in [0, 0.1) is 11.3 Å². The highest BCUT2D eigenvalue weighted by Gasteiger charge is 2.54. The first-order valence-electron chi connectivity index (χ1n) is 5.71. The number of nitriles is 1. The quantitative estimate of drug-likeness (QED) is 0.754. The van der Waals surface area contributed by atoms with Crippen LogP contribution in [-0.2, 0) is 19.9 Å². The number of carbonyl (C=O) groups is 2. The van der Waals surface area contributed by atoms with Gasteiger partial charge in [0.1, 0.15) is 6.07 Å². The number of rotatable bonds is 2. The van der Waals surface area contributed by atoms with Crippen LogP contribution in [0.2, 0.25) is 0 Å². The van der Waals surface area contributed by atoms with Crippen molar-refractivity contribution in [1.82, 2.24) is 0 Å². The minimum absolute atomic E-state index is 0.103. The summed E-state index contributed by atoms with van der Waals surface area (Å²) in [5, 5.41) is 9.34. The minimum atomic E-state index is -1.96. The SMILES string of the molecule is CCOC(=O)OC1(C#N)C(=O)N(C)c2ccccc21. The molecule has 0 N–H and O–H groups in total. The van der Waals surface area contributed by atoms with Crippen molar-refractivity contribution in [3.05, 3.63) is 29.8 Å². The molecule has 0 bridgehead atoms. The Bertz CT molecular complexity index is 578. The Morgan fingerprint density at radius 2 is 2.16 bits per heavy atom. The van der Waals surface area contributed by atoms with E-state index in [4.69, 9.17) is 4.74 Å². The number of nitrogens with zero attached hydrogens (tertiary/aromatic N) is 2. The van der Waals surface area contributed by atoms with Gasteiger partial charge in [0.25, 0.3) is 5.91 Å². The highest BCUT2D eigenvalue weighted by atomic mass is 16.7. The molecule has 0 radical (unpaired) electrons. The fraction of sp³-hybridized carbons (Fsp3) is 0.308. The molecule has 1 atom stereocenters. The molecule has 1 unspecified atom stereocenters. The van der Waals surface area contributed by atoms with Crippen molar-refractivity contribution in [3.8, 4) is 6.07 Å². The van der Waals surface area contributed by atoms with Crippen LogP contribution < -0.4 is 4.90 Å². The van der Waals surface area contributed by atoms with Gasteiger partial charge in [0, 0.05) is 12.6 Å². The Kier molecular flexibility index (Phi) is 3.13. The Hall–Kier alpha value is -2.55. The molecule has 1 amide bonds. The molecule has 2 rings (SSSR count). The van der Waals surface area contributed by atoms with Gasteiger partial charge in [0.2, 0.25) is 0 Å². The summed E-state index contributed by atoms with van der Waals surface area (Å²) in [6.45, 7) is 1.71. The van der Waals surface area contributed by atoms with Crippen molar-refractivity contribution in [3.63, 3.8) is 0 Å². The highest BCUT2D eigenvalue weighted by molar-refractivity contribution is 6.09. The first-order chi connectivity index (χ1) is 9.06. The average Bonchev–Trinajstić information content (AvgIpc) is 2.62. The van der Waals surface area contributed by atoms with E-state index in [0.717, 1.165) is 0 Å². The number of likely N-dealkylation sites (N-methyl/N-ethyl adjacent to an activating group) is 1. The Labute approximate surface area is 110 Å². The summed E-state index contributed by atoms with van der Waals surface area (Å²) in [6.07, 6.45) is -1.04. The molecule has 19 heavy (non-hydrogen) atoms. The van der Waals surface area contributed by atoms with E-state index in [-0.39, 0.29) is 6.61 Å². The monoisotopic (exact) mass is 260 g/mol. The van der Waals surface area contributed by atoms with Crippen LogP contribution in [-0.4, -0.2) is 25.7 Å². The molecule has 1 heterocycles. The molecule has 0 aromatic heterocycles. The number of benzene rings is 1. The maximum absolute atomic E-state index is 12.2. The number of fused-ring (bicyclic) bond motifs is 1. The zero-order valence-electron chi connectivity index (χ0n) is 10.5. The van der Waals surface area contributed by atoms with Crippen molar-refractivity contribution in [2.75, 3.05) is 18.6 Å². The van der Waals surface area contributed by atoms with E-state index < -0.39 is 17.7 Å². The largest absolute Gasteiger partial charge is 0.510 e. The van der Waals surface area contributed by atoms with E-state index in [2.05, 4.69) is 4.74 Å². The topological polar surface area (TPSA) is 79.6 Å². The Morgan fingerprint density at radius 3 is 2.79 bits per heavy atom. The van der Waals surface area contributed by atoms with Crippen LogP contribution in [0.5, 0.6) is 0 Å². The maximum atomic E-state index is 12.2. The van der Waals surface area contributed by atoms with Gasteiger partial charge in [0.15, 0.2) is 0 Å². The molecule has 0 fully saturated rings. The summed E-state index contributed by atoms with van der Waals surface area (Å²) in [6, 6.07) is 8.46. The zero-order valence-corrected chi connectivity index (χ0v) is 10.5. The first kappa shape index (κ1) is 12.9. The molecule has 1 aromatic carbocycles. The molecule has 6 nitrogen and oxygen atoms in total. The van der Waals surface area contributed by atoms with Gasteiger partial charge >= 0.3 is 11.8 Å². The van der Waals surface area contributed by atoms with Gasteiger partial charge in [0.05, 0.1) is 12.3 Å². The second kappa shape index (κ2) is 4.61. The number of para-hydroxylation sites is 1. The lowest BCUT2D eigenvalue weighted by Crippen LogP contribution is -2.41. The van der Waals surface area contributed by atoms with E-state index in [0.29, 0.717) is 11.3 Å². The number of hydrogen-bond acceptors (Lipinski definition) is 5. The lowest BCUT2D eigenvalue weighted by atomic mass is 9.97. The van der Waals surface area contributed by atoms with Crippen molar-refractivity contribution in [2.24, 2.45) is 0 Å². The van der Waals surface area contributed by atoms with Gasteiger partial charge < -0.3 is 14.4 Å². The molecule has 1 aliphatic rings. The van der Waals surface area contributed by atoms with Crippen LogP contribution in [0.4, 0.5) is 10.5 Å². The summed E-state index contributed by atoms with van der Waals surface area (Å²) in [7, 11) is 1.52. The lowest BCUT2D eigenvalue weighted by molar-refractivity contribution is -0.133. The van der Waals surface area contributed by atoms with Crippen molar-refractivity contribution < 1.29 is 19.1 Å². The molecule has 98 valence electrons. The highest BCUT2D eigenvalue weighted by Crippen LogP contribution is 2.41. The standard InChI is InChI=1S/C13H12N2O4/c1-3-18-12(17)19-13(8-14)9-6-4-5-7-10(9)15(2)11(13)16/h4-7H,3H2,1-2H3. The van der Waals surface area contributed by atoms with E-state index >= 15 is 0 Å². The fourth-order valence-electron chi connectivity index (χ4n) is 2.03. The van der Waals surface area contributed by atoms with E-state index in [1.54, 1.807) is 37.3 Å². The Balaban J connectivity index is 2.49. The number of carbonyl (C=O) groups excluding carboxylic acids is 2. The van der Waals surface area contributed by atoms with E-state index in [1.165, 1.54) is 11.9 Å². The third-order valence-electron chi connectivity index (χ3n) is 2.91. The lowest BCUT2D eigenvalue weighted by Gasteiger charge is -2.19. The van der Waals surface area contributed by atoms with Crippen molar-refractivity contribution >= 4 is 17.7 Å². The van der Waals surface area contributed by atoms with Crippen LogP contribution >= 0.6 is 0 Å². The normalized spacial score (nSPS) is 20.7. The number of hydrogen-bond donors (Lipinski definition) is 0. The van der Waals surface area contributed by atoms with Gasteiger partial charge in [-0.2, -0.15) is 5.26 Å². The zero-order chi connectivity index (χ0) is 14.0. The van der Waals surface area contributed by atoms with E-state index in [9.17, 15) is 14.9 Å². The first-order valence-corrected chi connectivity index (χ1v) is 5.71. The number of anilines is 1. The maximum Gasteiger partial charge on any atom is 0.510 e. The fourth-order valence-corrected chi connectivity index (χ4v) is 2.03. The molecular weight excluding hydrogens is 248 g/mol. The second-order valence-electron chi connectivity index (χ2n) is 3.96. The van der Waals surface area contributed by atoms with Gasteiger partial charge in [-0.3, -0.25) is 4.79 Å². The predicted octanol–water partition coefficient (Wildman–Crippen LogP) is 1.55. The summed E-state index contributed by atoms with van der Waals surface area (Å²) >= 11 is 0. The van der Waals surface area contributed by atoms with Crippen LogP contribution in [0.25, 0.3) is 0 Å². The summed E-state index contributed by atoms with van der Waals surface area (Å²) < 4.78 is 9.63. The predicted molar refractivity (Wildman–Crippen MR) is 65.3 cm³/mol. The molecule has 0 saturated carbocycles. The molecule has 0 saturated heterocycles.